The van der Waals surface area contributed by atoms with Crippen LogP contribution in [0.1, 0.15) is 12.8 Å². The topological polar surface area (TPSA) is 207 Å². The first-order valence-corrected chi connectivity index (χ1v) is 9.95. The summed E-state index contributed by atoms with van der Waals surface area (Å²) < 4.78 is 107. The van der Waals surface area contributed by atoms with Crippen LogP contribution >= 0.6 is 0 Å². The molecule has 35 heavy (non-hydrogen) atoms. The molecule has 0 N–H and O–H groups in total. The van der Waals surface area contributed by atoms with Gasteiger partial charge in [0.05, 0.1) is 33.1 Å². The molecular weight excluding hydrogens is 530 g/mol. The molecule has 0 unspecified atom stereocenters. The maximum Gasteiger partial charge on any atom is 0.482 e. The SMILES string of the molecule is O=[N+]([O-])C1([N+](=O)[O-])C=CC(S(=O)(=O)C2=C(C(F)(F)F)CC([N+](=O)[O-])([N+](=O)[O-])C=C2)=C(C(F)(F)F)C1. The summed E-state index contributed by atoms with van der Waals surface area (Å²) in [6.45, 7) is 0. The number of allylic oxidation sites excluding steroid dienone is 2. The molecule has 0 fully saturated rings. The Morgan fingerprint density at radius 3 is 1.11 bits per heavy atom. The third kappa shape index (κ3) is 4.33. The van der Waals surface area contributed by atoms with Gasteiger partial charge in [-0.15, -0.1) is 0 Å². The van der Waals surface area contributed by atoms with Crippen molar-refractivity contribution in [1.29, 1.82) is 0 Å². The van der Waals surface area contributed by atoms with Gasteiger partial charge in [0.25, 0.3) is 0 Å². The van der Waals surface area contributed by atoms with Crippen molar-refractivity contribution >= 4 is 9.84 Å². The Morgan fingerprint density at radius 1 is 0.657 bits per heavy atom. The first kappa shape index (κ1) is 27.3. The van der Waals surface area contributed by atoms with E-state index in [1.54, 1.807) is 0 Å². The summed E-state index contributed by atoms with van der Waals surface area (Å²) in [5, 5.41) is 44.4. The van der Waals surface area contributed by atoms with Gasteiger partial charge < -0.3 is 0 Å². The van der Waals surface area contributed by atoms with Crippen LogP contribution in [0.4, 0.5) is 26.3 Å². The van der Waals surface area contributed by atoms with Gasteiger partial charge in [-0.2, -0.15) is 26.3 Å². The van der Waals surface area contributed by atoms with E-state index in [2.05, 4.69) is 0 Å². The zero-order valence-corrected chi connectivity index (χ0v) is 17.1. The molecule has 0 radical (unpaired) electrons. The standard InChI is InChI=1S/C14H8F6N4O10S/c15-13(16,17)7-5-11(21(25)26,22(27)28)3-1-9(7)35(33,34)10-2-4-12(23(29)30,24(31)32)6-8(10)14(18,19)20/h1-4H,5-6H2. The summed E-state index contributed by atoms with van der Waals surface area (Å²) in [4.78, 5) is 33.2. The van der Waals surface area contributed by atoms with Crippen LogP contribution in [0.5, 0.6) is 0 Å². The molecule has 0 aromatic rings. The quantitative estimate of drug-likeness (QED) is 0.209. The lowest BCUT2D eigenvalue weighted by atomic mass is 9.94. The van der Waals surface area contributed by atoms with Gasteiger partial charge in [-0.05, 0) is 12.2 Å². The lowest BCUT2D eigenvalue weighted by Crippen LogP contribution is -2.48. The molecule has 0 atom stereocenters. The maximum atomic E-state index is 13.6. The van der Waals surface area contributed by atoms with Crippen LogP contribution in [0.3, 0.4) is 0 Å². The molecule has 0 aromatic carbocycles. The number of alkyl halides is 6. The fourth-order valence-electron chi connectivity index (χ4n) is 3.17. The van der Waals surface area contributed by atoms with Gasteiger partial charge in [0.2, 0.25) is 9.84 Å². The van der Waals surface area contributed by atoms with E-state index in [0.717, 1.165) is 0 Å². The molecular formula is C14H8F6N4O10S. The average Bonchev–Trinajstić information content (AvgIpc) is 2.70. The van der Waals surface area contributed by atoms with Gasteiger partial charge in [-0.3, -0.25) is 40.5 Å². The van der Waals surface area contributed by atoms with Crippen LogP contribution in [0.15, 0.2) is 45.3 Å². The number of halogens is 6. The van der Waals surface area contributed by atoms with Crippen molar-refractivity contribution in [3.63, 3.8) is 0 Å². The summed E-state index contributed by atoms with van der Waals surface area (Å²) >= 11 is 0. The summed E-state index contributed by atoms with van der Waals surface area (Å²) in [6.07, 6.45) is -17.0. The normalized spacial score (nSPS) is 20.1. The molecule has 0 spiro atoms. The van der Waals surface area contributed by atoms with Gasteiger partial charge in [0.1, 0.15) is 32.5 Å². The molecule has 0 aliphatic heterocycles. The lowest BCUT2D eigenvalue weighted by Gasteiger charge is -2.26. The highest BCUT2D eigenvalue weighted by Crippen LogP contribution is 2.47. The summed E-state index contributed by atoms with van der Waals surface area (Å²) in [7, 11) is -6.00. The number of nitro groups is 4. The highest BCUT2D eigenvalue weighted by molar-refractivity contribution is 7.99. The molecule has 0 saturated heterocycles. The maximum absolute atomic E-state index is 13.6. The van der Waals surface area contributed by atoms with Crippen LogP contribution in [-0.2, 0) is 9.84 Å². The molecule has 0 saturated carbocycles. The number of rotatable bonds is 6. The Hall–Kier alpha value is -3.91. The van der Waals surface area contributed by atoms with E-state index in [4.69, 9.17) is 0 Å². The summed E-state index contributed by atoms with van der Waals surface area (Å²) in [6, 6.07) is 0. The van der Waals surface area contributed by atoms with Crippen LogP contribution < -0.4 is 0 Å². The van der Waals surface area contributed by atoms with Crippen LogP contribution in [0.25, 0.3) is 0 Å². The molecule has 0 bridgehead atoms. The molecule has 0 heterocycles. The molecule has 2 aliphatic rings. The van der Waals surface area contributed by atoms with Crippen molar-refractivity contribution in [3.05, 3.63) is 85.7 Å². The van der Waals surface area contributed by atoms with Crippen molar-refractivity contribution in [1.82, 2.24) is 0 Å². The molecule has 0 aromatic heterocycles. The Balaban J connectivity index is 2.88. The van der Waals surface area contributed by atoms with Gasteiger partial charge in [0, 0.05) is 0 Å². The molecule has 0 amide bonds. The number of sulfone groups is 1. The minimum atomic E-state index is -6.00. The lowest BCUT2D eigenvalue weighted by molar-refractivity contribution is -0.781. The number of hydrogen-bond acceptors (Lipinski definition) is 10. The van der Waals surface area contributed by atoms with E-state index in [1.165, 1.54) is 0 Å². The van der Waals surface area contributed by atoms with Gasteiger partial charge in [-0.1, -0.05) is 0 Å². The smallest absolute Gasteiger partial charge is 0.258 e. The highest BCUT2D eigenvalue weighted by Gasteiger charge is 2.63. The van der Waals surface area contributed by atoms with Crippen molar-refractivity contribution in [2.45, 2.75) is 36.5 Å². The minimum Gasteiger partial charge on any atom is -0.258 e. The second kappa shape index (κ2) is 8.09. The predicted molar refractivity (Wildman–Crippen MR) is 96.0 cm³/mol. The predicted octanol–water partition coefficient (Wildman–Crippen LogP) is 2.45. The largest absolute Gasteiger partial charge is 0.482 e. The van der Waals surface area contributed by atoms with Gasteiger partial charge >= 0.3 is 23.7 Å². The van der Waals surface area contributed by atoms with Crippen LogP contribution in [0, 0.1) is 40.5 Å². The van der Waals surface area contributed by atoms with Crippen molar-refractivity contribution < 1.29 is 54.5 Å². The summed E-state index contributed by atoms with van der Waals surface area (Å²) in [5.41, 5.74) is -12.3. The fourth-order valence-corrected chi connectivity index (χ4v) is 4.92. The monoisotopic (exact) mass is 538 g/mol. The van der Waals surface area contributed by atoms with E-state index in [-0.39, 0.29) is 24.3 Å². The number of hydrogen-bond donors (Lipinski definition) is 0. The van der Waals surface area contributed by atoms with E-state index >= 15 is 0 Å². The second-order valence-corrected chi connectivity index (χ2v) is 8.88. The first-order valence-electron chi connectivity index (χ1n) is 8.47. The molecule has 21 heteroatoms. The van der Waals surface area contributed by atoms with Crippen molar-refractivity contribution in [2.75, 3.05) is 0 Å². The van der Waals surface area contributed by atoms with E-state index < -0.39 is 87.0 Å². The summed E-state index contributed by atoms with van der Waals surface area (Å²) in [5.74, 6) is 0. The van der Waals surface area contributed by atoms with E-state index in [9.17, 15) is 75.2 Å². The van der Waals surface area contributed by atoms with Crippen LogP contribution in [-0.4, -0.2) is 51.8 Å². The van der Waals surface area contributed by atoms with Crippen LogP contribution in [0.2, 0.25) is 0 Å². The zero-order valence-electron chi connectivity index (χ0n) is 16.3. The second-order valence-electron chi connectivity index (χ2n) is 6.99. The van der Waals surface area contributed by atoms with Crippen molar-refractivity contribution in [3.8, 4) is 0 Å². The third-order valence-corrected chi connectivity index (χ3v) is 6.92. The Bertz CT molecular complexity index is 1140. The Morgan fingerprint density at radius 2 is 0.914 bits per heavy atom. The first-order chi connectivity index (χ1) is 15.6. The van der Waals surface area contributed by atoms with E-state index in [0.29, 0.717) is 0 Å². The fraction of sp³-hybridized carbons (Fsp3) is 0.429. The molecule has 2 rings (SSSR count). The third-order valence-electron chi connectivity index (χ3n) is 5.00. The minimum absolute atomic E-state index is 0.173. The average molecular weight is 538 g/mol. The Kier molecular flexibility index (Phi) is 6.32. The Labute approximate surface area is 187 Å². The number of nitrogens with zero attached hydrogens (tertiary/aromatic N) is 4. The van der Waals surface area contributed by atoms with Gasteiger partial charge in [-0.25, -0.2) is 8.42 Å². The molecule has 192 valence electrons. The molecule has 14 nitrogen and oxygen atoms in total. The van der Waals surface area contributed by atoms with E-state index in [1.807, 2.05) is 0 Å². The van der Waals surface area contributed by atoms with Crippen molar-refractivity contribution in [2.24, 2.45) is 0 Å². The highest BCUT2D eigenvalue weighted by atomic mass is 32.2. The zero-order chi connectivity index (χ0) is 27.4. The molecule has 2 aliphatic carbocycles. The van der Waals surface area contributed by atoms with Gasteiger partial charge in [0.15, 0.2) is 0 Å².